The second-order valence-electron chi connectivity index (χ2n) is 7.73. The lowest BCUT2D eigenvalue weighted by Crippen LogP contribution is -2.06. The standard InChI is InChI=1S/C25H29NO3/c1-17(2)12-13-29-25-22(14-18(15-23(25)26)8-11-24(27)28-3)21-10-9-19-6-4-5-7-20(19)16-21/h4-7,9-10,14-17H,8,11-13,26H2,1-3H3. The van der Waals surface area contributed by atoms with Crippen LogP contribution < -0.4 is 10.5 Å². The van der Waals surface area contributed by atoms with Crippen LogP contribution in [-0.4, -0.2) is 19.7 Å². The van der Waals surface area contributed by atoms with Gasteiger partial charge in [0.2, 0.25) is 0 Å². The number of hydrogen-bond acceptors (Lipinski definition) is 4. The number of carbonyl (C=O) groups excluding carboxylic acids is 1. The zero-order valence-corrected chi connectivity index (χ0v) is 17.4. The Balaban J connectivity index is 2.00. The van der Waals surface area contributed by atoms with Crippen molar-refractivity contribution in [2.75, 3.05) is 19.5 Å². The molecule has 0 spiro atoms. The van der Waals surface area contributed by atoms with Crippen LogP contribution in [0.15, 0.2) is 54.6 Å². The number of anilines is 1. The number of methoxy groups -OCH3 is 1. The van der Waals surface area contributed by atoms with Crippen LogP contribution in [0, 0.1) is 5.92 Å². The first-order chi connectivity index (χ1) is 14.0. The lowest BCUT2D eigenvalue weighted by molar-refractivity contribution is -0.140. The zero-order valence-electron chi connectivity index (χ0n) is 17.4. The van der Waals surface area contributed by atoms with Gasteiger partial charge in [-0.25, -0.2) is 0 Å². The van der Waals surface area contributed by atoms with E-state index < -0.39 is 0 Å². The van der Waals surface area contributed by atoms with Crippen LogP contribution in [0.2, 0.25) is 0 Å². The lowest BCUT2D eigenvalue weighted by Gasteiger charge is -2.17. The molecule has 0 saturated heterocycles. The van der Waals surface area contributed by atoms with Crippen LogP contribution in [0.1, 0.15) is 32.3 Å². The number of benzene rings is 3. The molecular formula is C25H29NO3. The van der Waals surface area contributed by atoms with Gasteiger partial charge in [-0.15, -0.1) is 0 Å². The number of rotatable bonds is 8. The van der Waals surface area contributed by atoms with Crippen LogP contribution in [0.4, 0.5) is 5.69 Å². The summed E-state index contributed by atoms with van der Waals surface area (Å²) in [6.07, 6.45) is 1.85. The third kappa shape index (κ3) is 5.29. The summed E-state index contributed by atoms with van der Waals surface area (Å²) in [7, 11) is 1.41. The maximum atomic E-state index is 11.6. The highest BCUT2D eigenvalue weighted by atomic mass is 16.5. The Morgan fingerprint density at radius 1 is 1.03 bits per heavy atom. The molecule has 0 radical (unpaired) electrons. The SMILES string of the molecule is COC(=O)CCc1cc(N)c(OCCC(C)C)c(-c2ccc3ccccc3c2)c1. The minimum atomic E-state index is -0.229. The topological polar surface area (TPSA) is 61.5 Å². The van der Waals surface area contributed by atoms with Crippen molar-refractivity contribution >= 4 is 22.4 Å². The van der Waals surface area contributed by atoms with Crippen molar-refractivity contribution in [2.24, 2.45) is 5.92 Å². The normalized spacial score (nSPS) is 11.0. The van der Waals surface area contributed by atoms with Gasteiger partial charge in [0.1, 0.15) is 5.75 Å². The Hall–Kier alpha value is -3.01. The zero-order chi connectivity index (χ0) is 20.8. The van der Waals surface area contributed by atoms with Gasteiger partial charge in [-0.1, -0.05) is 50.2 Å². The lowest BCUT2D eigenvalue weighted by atomic mass is 9.96. The summed E-state index contributed by atoms with van der Waals surface area (Å²) in [6.45, 7) is 4.96. The molecule has 152 valence electrons. The molecule has 3 aromatic rings. The quantitative estimate of drug-likeness (QED) is 0.400. The van der Waals surface area contributed by atoms with Gasteiger partial charge in [-0.05, 0) is 58.9 Å². The van der Waals surface area contributed by atoms with Crippen LogP contribution in [0.25, 0.3) is 21.9 Å². The van der Waals surface area contributed by atoms with Gasteiger partial charge in [0.25, 0.3) is 0 Å². The van der Waals surface area contributed by atoms with E-state index in [4.69, 9.17) is 15.2 Å². The van der Waals surface area contributed by atoms with Crippen LogP contribution in [-0.2, 0) is 16.0 Å². The molecule has 0 atom stereocenters. The van der Waals surface area contributed by atoms with Gasteiger partial charge >= 0.3 is 5.97 Å². The van der Waals surface area contributed by atoms with E-state index in [1.54, 1.807) is 0 Å². The number of nitrogens with two attached hydrogens (primary N) is 1. The Morgan fingerprint density at radius 3 is 2.52 bits per heavy atom. The molecule has 3 rings (SSSR count). The van der Waals surface area contributed by atoms with Crippen LogP contribution >= 0.6 is 0 Å². The molecule has 0 bridgehead atoms. The van der Waals surface area contributed by atoms with E-state index in [9.17, 15) is 4.79 Å². The third-order valence-electron chi connectivity index (χ3n) is 5.02. The largest absolute Gasteiger partial charge is 0.491 e. The Kier molecular flexibility index (Phi) is 6.76. The van der Waals surface area contributed by atoms with Crippen molar-refractivity contribution in [3.8, 4) is 16.9 Å². The van der Waals surface area contributed by atoms with Crippen molar-refractivity contribution in [3.05, 3.63) is 60.2 Å². The molecule has 0 fully saturated rings. The van der Waals surface area contributed by atoms with Crippen molar-refractivity contribution < 1.29 is 14.3 Å². The fourth-order valence-electron chi connectivity index (χ4n) is 3.34. The van der Waals surface area contributed by atoms with Gasteiger partial charge in [-0.2, -0.15) is 0 Å². The van der Waals surface area contributed by atoms with Crippen molar-refractivity contribution in [3.63, 3.8) is 0 Å². The van der Waals surface area contributed by atoms with E-state index in [1.807, 2.05) is 18.2 Å². The summed E-state index contributed by atoms with van der Waals surface area (Å²) < 4.78 is 10.9. The van der Waals surface area contributed by atoms with E-state index in [1.165, 1.54) is 12.5 Å². The monoisotopic (exact) mass is 391 g/mol. The van der Waals surface area contributed by atoms with Crippen molar-refractivity contribution in [2.45, 2.75) is 33.1 Å². The van der Waals surface area contributed by atoms with Gasteiger partial charge in [0, 0.05) is 12.0 Å². The molecule has 0 heterocycles. The van der Waals surface area contributed by atoms with E-state index in [0.717, 1.165) is 28.5 Å². The van der Waals surface area contributed by atoms with Crippen LogP contribution in [0.3, 0.4) is 0 Å². The molecule has 4 heteroatoms. The van der Waals surface area contributed by atoms with Gasteiger partial charge < -0.3 is 15.2 Å². The minimum Gasteiger partial charge on any atom is -0.491 e. The highest BCUT2D eigenvalue weighted by Gasteiger charge is 2.14. The van der Waals surface area contributed by atoms with E-state index in [-0.39, 0.29) is 5.97 Å². The number of fused-ring (bicyclic) bond motifs is 1. The summed E-state index contributed by atoms with van der Waals surface area (Å²) in [6, 6.07) is 18.6. The molecule has 0 aliphatic heterocycles. The smallest absolute Gasteiger partial charge is 0.305 e. The molecular weight excluding hydrogens is 362 g/mol. The summed E-state index contributed by atoms with van der Waals surface area (Å²) in [4.78, 5) is 11.6. The molecule has 3 aromatic carbocycles. The number of aryl methyl sites for hydroxylation is 1. The predicted molar refractivity (Wildman–Crippen MR) is 119 cm³/mol. The number of ether oxygens (including phenoxy) is 2. The molecule has 0 aliphatic carbocycles. The molecule has 2 N–H and O–H groups in total. The first-order valence-electron chi connectivity index (χ1n) is 10.1. The Bertz CT molecular complexity index is 995. The van der Waals surface area contributed by atoms with E-state index in [0.29, 0.717) is 36.8 Å². The summed E-state index contributed by atoms with van der Waals surface area (Å²) in [5.74, 6) is 1.04. The Labute approximate surface area is 172 Å². The molecule has 0 saturated carbocycles. The fourth-order valence-corrected chi connectivity index (χ4v) is 3.34. The van der Waals surface area contributed by atoms with Gasteiger partial charge in [0.15, 0.2) is 0 Å². The molecule has 0 aliphatic rings. The highest BCUT2D eigenvalue weighted by Crippen LogP contribution is 2.38. The highest BCUT2D eigenvalue weighted by molar-refractivity contribution is 5.89. The molecule has 4 nitrogen and oxygen atoms in total. The Morgan fingerprint density at radius 2 is 1.79 bits per heavy atom. The number of hydrogen-bond donors (Lipinski definition) is 1. The molecule has 29 heavy (non-hydrogen) atoms. The predicted octanol–water partition coefficient (Wildman–Crippen LogP) is 5.62. The number of nitrogen functional groups attached to an aromatic ring is 1. The summed E-state index contributed by atoms with van der Waals surface area (Å²) in [5.41, 5.74) is 9.98. The van der Waals surface area contributed by atoms with Crippen LogP contribution in [0.5, 0.6) is 5.75 Å². The first-order valence-corrected chi connectivity index (χ1v) is 10.1. The molecule has 0 unspecified atom stereocenters. The second kappa shape index (κ2) is 9.46. The second-order valence-corrected chi connectivity index (χ2v) is 7.73. The maximum absolute atomic E-state index is 11.6. The van der Waals surface area contributed by atoms with Crippen molar-refractivity contribution in [1.82, 2.24) is 0 Å². The number of esters is 1. The average molecular weight is 392 g/mol. The van der Waals surface area contributed by atoms with Crippen molar-refractivity contribution in [1.29, 1.82) is 0 Å². The van der Waals surface area contributed by atoms with E-state index >= 15 is 0 Å². The first kappa shape index (κ1) is 20.7. The molecule has 0 aromatic heterocycles. The van der Waals surface area contributed by atoms with E-state index in [2.05, 4.69) is 50.2 Å². The number of carbonyl (C=O) groups is 1. The average Bonchev–Trinajstić information content (AvgIpc) is 2.72. The maximum Gasteiger partial charge on any atom is 0.305 e. The van der Waals surface area contributed by atoms with Gasteiger partial charge in [-0.3, -0.25) is 4.79 Å². The van der Waals surface area contributed by atoms with Gasteiger partial charge in [0.05, 0.1) is 19.4 Å². The molecule has 0 amide bonds. The minimum absolute atomic E-state index is 0.229. The summed E-state index contributed by atoms with van der Waals surface area (Å²) >= 11 is 0. The third-order valence-corrected chi connectivity index (χ3v) is 5.02. The summed E-state index contributed by atoms with van der Waals surface area (Å²) in [5, 5.41) is 2.35. The fraction of sp³-hybridized carbons (Fsp3) is 0.320.